The van der Waals surface area contributed by atoms with E-state index in [1.54, 1.807) is 6.20 Å². The second-order valence-corrected chi connectivity index (χ2v) is 7.49. The summed E-state index contributed by atoms with van der Waals surface area (Å²) < 4.78 is 13.4. The van der Waals surface area contributed by atoms with Crippen LogP contribution >= 0.6 is 0 Å². The molecule has 6 nitrogen and oxygen atoms in total. The Hall–Kier alpha value is -3.87. The molecular formula is C23H21FN6. The van der Waals surface area contributed by atoms with Crippen molar-refractivity contribution in [2.24, 2.45) is 0 Å². The van der Waals surface area contributed by atoms with Crippen LogP contribution in [0.4, 0.5) is 21.8 Å². The number of H-pyrrole nitrogens is 2. The summed E-state index contributed by atoms with van der Waals surface area (Å²) in [4.78, 5) is 15.1. The molecule has 0 atom stereocenters. The van der Waals surface area contributed by atoms with Gasteiger partial charge in [0.1, 0.15) is 11.6 Å². The average molecular weight is 400 g/mol. The molecule has 2 aromatic carbocycles. The smallest absolute Gasteiger partial charge is 0.221 e. The lowest BCUT2D eigenvalue weighted by Gasteiger charge is -2.11. The highest BCUT2D eigenvalue weighted by Crippen LogP contribution is 2.26. The molecule has 0 fully saturated rings. The Kier molecular flexibility index (Phi) is 4.35. The molecule has 0 aliphatic rings. The number of aromatic amines is 2. The van der Waals surface area contributed by atoms with Gasteiger partial charge in [-0.2, -0.15) is 4.98 Å². The van der Waals surface area contributed by atoms with Crippen molar-refractivity contribution in [3.63, 3.8) is 0 Å². The number of nitrogens with zero attached hydrogens (tertiary/aromatic N) is 2. The number of hydrogen-bond acceptors (Lipinski definition) is 4. The van der Waals surface area contributed by atoms with Gasteiger partial charge in [-0.3, -0.25) is 0 Å². The van der Waals surface area contributed by atoms with Crippen molar-refractivity contribution in [1.29, 1.82) is 0 Å². The molecule has 7 heteroatoms. The number of rotatable bonds is 5. The van der Waals surface area contributed by atoms with E-state index in [4.69, 9.17) is 5.73 Å². The quantitative estimate of drug-likeness (QED) is 0.334. The van der Waals surface area contributed by atoms with E-state index in [0.717, 1.165) is 57.2 Å². The summed E-state index contributed by atoms with van der Waals surface area (Å²) in [5, 5.41) is 5.54. The number of aromatic nitrogens is 4. The van der Waals surface area contributed by atoms with Crippen molar-refractivity contribution in [2.45, 2.75) is 19.8 Å². The van der Waals surface area contributed by atoms with Gasteiger partial charge in [-0.25, -0.2) is 9.37 Å². The Labute approximate surface area is 172 Å². The first-order valence-electron chi connectivity index (χ1n) is 9.78. The second kappa shape index (κ2) is 7.18. The van der Waals surface area contributed by atoms with Crippen LogP contribution in [0.15, 0.2) is 54.9 Å². The van der Waals surface area contributed by atoms with E-state index in [9.17, 15) is 4.39 Å². The van der Waals surface area contributed by atoms with Crippen LogP contribution in [0.1, 0.15) is 16.8 Å². The standard InChI is InChI=1S/C23H21FN6/c1-13-8-16-9-18(5-7-20(16)28-13)29-22-15(12-27-23(25)30-22)3-2-14-11-26-21-10-17(24)4-6-19(14)21/h4-12,26,28H,2-3H2,1H3,(H3,25,27,29,30). The Bertz CT molecular complexity index is 1370. The summed E-state index contributed by atoms with van der Waals surface area (Å²) >= 11 is 0. The first kappa shape index (κ1) is 18.2. The number of fused-ring (bicyclic) bond motifs is 2. The number of halogens is 1. The molecule has 0 aliphatic heterocycles. The number of nitrogens with one attached hydrogen (secondary N) is 3. The first-order valence-corrected chi connectivity index (χ1v) is 9.78. The molecule has 0 aliphatic carbocycles. The van der Waals surface area contributed by atoms with Gasteiger partial charge < -0.3 is 21.0 Å². The molecular weight excluding hydrogens is 379 g/mol. The maximum Gasteiger partial charge on any atom is 0.221 e. The maximum absolute atomic E-state index is 13.4. The lowest BCUT2D eigenvalue weighted by molar-refractivity contribution is 0.629. The van der Waals surface area contributed by atoms with Crippen molar-refractivity contribution in [3.8, 4) is 0 Å². The van der Waals surface area contributed by atoms with Gasteiger partial charge in [0.2, 0.25) is 5.95 Å². The summed E-state index contributed by atoms with van der Waals surface area (Å²) in [5.41, 5.74) is 11.9. The predicted molar refractivity (Wildman–Crippen MR) is 118 cm³/mol. The zero-order valence-electron chi connectivity index (χ0n) is 16.5. The molecule has 0 saturated carbocycles. The highest BCUT2D eigenvalue weighted by atomic mass is 19.1. The molecule has 0 unspecified atom stereocenters. The number of hydrogen-bond donors (Lipinski definition) is 4. The first-order chi connectivity index (χ1) is 14.5. The largest absolute Gasteiger partial charge is 0.368 e. The predicted octanol–water partition coefficient (Wildman–Crippen LogP) is 5.00. The minimum atomic E-state index is -0.246. The lowest BCUT2D eigenvalue weighted by atomic mass is 10.0. The highest BCUT2D eigenvalue weighted by Gasteiger charge is 2.11. The van der Waals surface area contributed by atoms with Crippen LogP contribution in [-0.2, 0) is 12.8 Å². The highest BCUT2D eigenvalue weighted by molar-refractivity contribution is 5.85. The molecule has 5 rings (SSSR count). The number of nitrogens with two attached hydrogens (primary N) is 1. The Morgan fingerprint density at radius 1 is 1.03 bits per heavy atom. The van der Waals surface area contributed by atoms with E-state index in [1.165, 1.54) is 12.1 Å². The summed E-state index contributed by atoms with van der Waals surface area (Å²) in [7, 11) is 0. The fourth-order valence-electron chi connectivity index (χ4n) is 3.84. The summed E-state index contributed by atoms with van der Waals surface area (Å²) in [6.45, 7) is 2.04. The van der Waals surface area contributed by atoms with Crippen LogP contribution in [0.3, 0.4) is 0 Å². The zero-order chi connectivity index (χ0) is 20.7. The second-order valence-electron chi connectivity index (χ2n) is 7.49. The van der Waals surface area contributed by atoms with E-state index in [0.29, 0.717) is 5.82 Å². The topological polar surface area (TPSA) is 95.4 Å². The number of anilines is 3. The van der Waals surface area contributed by atoms with Crippen molar-refractivity contribution < 1.29 is 4.39 Å². The summed E-state index contributed by atoms with van der Waals surface area (Å²) in [6, 6.07) is 13.0. The molecule has 0 radical (unpaired) electrons. The van der Waals surface area contributed by atoms with Gasteiger partial charge in [0.15, 0.2) is 0 Å². The Morgan fingerprint density at radius 2 is 1.90 bits per heavy atom. The van der Waals surface area contributed by atoms with Gasteiger partial charge in [0.25, 0.3) is 0 Å². The Morgan fingerprint density at radius 3 is 2.80 bits per heavy atom. The van der Waals surface area contributed by atoms with Gasteiger partial charge >= 0.3 is 0 Å². The van der Waals surface area contributed by atoms with Crippen LogP contribution in [0, 0.1) is 12.7 Å². The number of benzene rings is 2. The number of nitrogen functional groups attached to an aromatic ring is 1. The molecule has 0 amide bonds. The maximum atomic E-state index is 13.4. The third-order valence-corrected chi connectivity index (χ3v) is 5.29. The fourth-order valence-corrected chi connectivity index (χ4v) is 3.84. The molecule has 30 heavy (non-hydrogen) atoms. The van der Waals surface area contributed by atoms with Gasteiger partial charge in [-0.1, -0.05) is 0 Å². The third-order valence-electron chi connectivity index (χ3n) is 5.29. The molecule has 5 aromatic rings. The van der Waals surface area contributed by atoms with Gasteiger partial charge in [-0.15, -0.1) is 0 Å². The summed E-state index contributed by atoms with van der Waals surface area (Å²) in [5.74, 6) is 0.672. The third kappa shape index (κ3) is 3.45. The molecule has 150 valence electrons. The Balaban J connectivity index is 1.41. The van der Waals surface area contributed by atoms with E-state index < -0.39 is 0 Å². The van der Waals surface area contributed by atoms with Gasteiger partial charge in [0.05, 0.1) is 0 Å². The average Bonchev–Trinajstić information content (AvgIpc) is 3.28. The van der Waals surface area contributed by atoms with E-state index in [-0.39, 0.29) is 11.8 Å². The SMILES string of the molecule is Cc1cc2cc(Nc3nc(N)ncc3CCc3c[nH]c4cc(F)ccc34)ccc2[nH]1. The van der Waals surface area contributed by atoms with Crippen LogP contribution in [0.5, 0.6) is 0 Å². The van der Waals surface area contributed by atoms with Crippen molar-refractivity contribution >= 4 is 39.3 Å². The minimum Gasteiger partial charge on any atom is -0.368 e. The van der Waals surface area contributed by atoms with E-state index in [2.05, 4.69) is 37.4 Å². The molecule has 3 aromatic heterocycles. The zero-order valence-corrected chi connectivity index (χ0v) is 16.5. The van der Waals surface area contributed by atoms with Crippen LogP contribution < -0.4 is 11.1 Å². The van der Waals surface area contributed by atoms with Crippen LogP contribution in [0.25, 0.3) is 21.8 Å². The van der Waals surface area contributed by atoms with Gasteiger partial charge in [0, 0.05) is 51.1 Å². The monoisotopic (exact) mass is 400 g/mol. The van der Waals surface area contributed by atoms with E-state index in [1.807, 2.05) is 31.3 Å². The molecule has 0 bridgehead atoms. The summed E-state index contributed by atoms with van der Waals surface area (Å²) in [6.07, 6.45) is 5.18. The van der Waals surface area contributed by atoms with Crippen molar-refractivity contribution in [2.75, 3.05) is 11.1 Å². The number of aryl methyl sites for hydroxylation is 3. The molecule has 5 N–H and O–H groups in total. The minimum absolute atomic E-state index is 0.224. The van der Waals surface area contributed by atoms with Gasteiger partial charge in [-0.05, 0) is 67.8 Å². The van der Waals surface area contributed by atoms with Crippen molar-refractivity contribution in [1.82, 2.24) is 19.9 Å². The molecule has 3 heterocycles. The van der Waals surface area contributed by atoms with E-state index >= 15 is 0 Å². The van der Waals surface area contributed by atoms with Crippen molar-refractivity contribution in [3.05, 3.63) is 77.5 Å². The molecule has 0 saturated heterocycles. The lowest BCUT2D eigenvalue weighted by Crippen LogP contribution is -2.05. The molecule has 0 spiro atoms. The van der Waals surface area contributed by atoms with Crippen LogP contribution in [0.2, 0.25) is 0 Å². The normalized spacial score (nSPS) is 11.4. The fraction of sp³-hybridized carbons (Fsp3) is 0.130. The van der Waals surface area contributed by atoms with Crippen LogP contribution in [-0.4, -0.2) is 19.9 Å².